The van der Waals surface area contributed by atoms with Gasteiger partial charge in [-0.1, -0.05) is 18.5 Å². The van der Waals surface area contributed by atoms with Crippen molar-refractivity contribution >= 4 is 22.9 Å². The van der Waals surface area contributed by atoms with Crippen LogP contribution in [0.5, 0.6) is 0 Å². The summed E-state index contributed by atoms with van der Waals surface area (Å²) in [6.45, 7) is 5.67. The van der Waals surface area contributed by atoms with E-state index in [9.17, 15) is 0 Å². The van der Waals surface area contributed by atoms with Gasteiger partial charge in [0.15, 0.2) is 0 Å². The Morgan fingerprint density at radius 1 is 1.64 bits per heavy atom. The summed E-state index contributed by atoms with van der Waals surface area (Å²) in [7, 11) is 0. The highest BCUT2D eigenvalue weighted by molar-refractivity contribution is 7.14. The predicted molar refractivity (Wildman–Crippen MR) is 63.1 cm³/mol. The van der Waals surface area contributed by atoms with Gasteiger partial charge in [-0.3, -0.25) is 0 Å². The van der Waals surface area contributed by atoms with E-state index in [0.717, 1.165) is 10.9 Å². The molecule has 1 N–H and O–H groups in total. The van der Waals surface area contributed by atoms with Crippen LogP contribution in [0.3, 0.4) is 0 Å². The third-order valence-electron chi connectivity index (χ3n) is 3.03. The van der Waals surface area contributed by atoms with Gasteiger partial charge in [-0.15, -0.1) is 11.3 Å². The van der Waals surface area contributed by atoms with Crippen molar-refractivity contribution < 1.29 is 0 Å². The molecule has 0 aromatic carbocycles. The molecule has 78 valence electrons. The molecule has 1 heterocycles. The number of nitrogens with one attached hydrogen (secondary N) is 1. The third-order valence-corrected chi connectivity index (χ3v) is 4.14. The first kappa shape index (κ1) is 10.5. The smallest absolute Gasteiger partial charge is 0.0931 e. The second-order valence-electron chi connectivity index (χ2n) is 4.60. The number of thiophene rings is 1. The molecule has 0 saturated heterocycles. The fourth-order valence-corrected chi connectivity index (χ4v) is 2.44. The lowest BCUT2D eigenvalue weighted by Crippen LogP contribution is -2.24. The van der Waals surface area contributed by atoms with Gasteiger partial charge in [0.25, 0.3) is 0 Å². The highest BCUT2D eigenvalue weighted by Gasteiger charge is 2.36. The summed E-state index contributed by atoms with van der Waals surface area (Å²) in [6.07, 6.45) is 2.74. The van der Waals surface area contributed by atoms with Gasteiger partial charge in [0, 0.05) is 12.6 Å². The Bertz CT molecular complexity index is 317. The van der Waals surface area contributed by atoms with Gasteiger partial charge in [0.1, 0.15) is 0 Å². The molecule has 1 unspecified atom stereocenters. The van der Waals surface area contributed by atoms with E-state index in [0.29, 0.717) is 11.5 Å². The van der Waals surface area contributed by atoms with Crippen molar-refractivity contribution in [2.24, 2.45) is 5.41 Å². The summed E-state index contributed by atoms with van der Waals surface area (Å²) in [4.78, 5) is 0. The average Bonchev–Trinajstić information content (AvgIpc) is 2.71. The summed E-state index contributed by atoms with van der Waals surface area (Å²) in [5, 5.41) is 5.70. The zero-order valence-corrected chi connectivity index (χ0v) is 10.2. The molecule has 0 aliphatic heterocycles. The molecule has 14 heavy (non-hydrogen) atoms. The minimum atomic E-state index is 0.427. The second-order valence-corrected chi connectivity index (χ2v) is 6.14. The molecule has 1 atom stereocenters. The van der Waals surface area contributed by atoms with Crippen LogP contribution in [0.4, 0.5) is 0 Å². The molecule has 0 amide bonds. The van der Waals surface area contributed by atoms with E-state index >= 15 is 0 Å². The molecule has 2 rings (SSSR count). The van der Waals surface area contributed by atoms with E-state index in [1.165, 1.54) is 18.4 Å². The molecule has 1 nitrogen and oxygen atoms in total. The van der Waals surface area contributed by atoms with Crippen LogP contribution >= 0.6 is 22.9 Å². The van der Waals surface area contributed by atoms with E-state index in [1.807, 2.05) is 0 Å². The predicted octanol–water partition coefficient (Wildman–Crippen LogP) is 3.85. The fourth-order valence-electron chi connectivity index (χ4n) is 1.46. The molecular formula is C11H16ClNS. The van der Waals surface area contributed by atoms with E-state index in [-0.39, 0.29) is 0 Å². The standard InChI is InChI=1S/C11H16ClNS/c1-8(9-5-10(12)14-6-9)13-7-11(2)3-4-11/h5-6,8,13H,3-4,7H2,1-2H3. The van der Waals surface area contributed by atoms with Gasteiger partial charge >= 0.3 is 0 Å². The Morgan fingerprint density at radius 2 is 2.36 bits per heavy atom. The molecule has 1 aliphatic rings. The Morgan fingerprint density at radius 3 is 2.86 bits per heavy atom. The van der Waals surface area contributed by atoms with Crippen LogP contribution in [0, 0.1) is 5.41 Å². The number of rotatable bonds is 4. The first-order chi connectivity index (χ1) is 6.59. The molecular weight excluding hydrogens is 214 g/mol. The van der Waals surface area contributed by atoms with Crippen LogP contribution in [0.1, 0.15) is 38.3 Å². The Balaban J connectivity index is 1.86. The van der Waals surface area contributed by atoms with Crippen molar-refractivity contribution in [2.75, 3.05) is 6.54 Å². The van der Waals surface area contributed by atoms with Crippen molar-refractivity contribution in [1.82, 2.24) is 5.32 Å². The maximum absolute atomic E-state index is 5.90. The van der Waals surface area contributed by atoms with Crippen LogP contribution in [-0.4, -0.2) is 6.54 Å². The van der Waals surface area contributed by atoms with Gasteiger partial charge in [-0.2, -0.15) is 0 Å². The first-order valence-corrected chi connectivity index (χ1v) is 6.32. The highest BCUT2D eigenvalue weighted by Crippen LogP contribution is 2.44. The SMILES string of the molecule is CC(NCC1(C)CC1)c1csc(Cl)c1. The average molecular weight is 230 g/mol. The number of hydrogen-bond acceptors (Lipinski definition) is 2. The quantitative estimate of drug-likeness (QED) is 0.827. The lowest BCUT2D eigenvalue weighted by molar-refractivity contribution is 0.458. The van der Waals surface area contributed by atoms with Crippen LogP contribution in [0.25, 0.3) is 0 Å². The lowest BCUT2D eigenvalue weighted by atomic mass is 10.1. The Labute approximate surface area is 94.5 Å². The van der Waals surface area contributed by atoms with E-state index in [2.05, 4.69) is 30.6 Å². The minimum Gasteiger partial charge on any atom is -0.310 e. The molecule has 0 bridgehead atoms. The summed E-state index contributed by atoms with van der Waals surface area (Å²) in [5.41, 5.74) is 1.89. The lowest BCUT2D eigenvalue weighted by Gasteiger charge is -2.15. The maximum Gasteiger partial charge on any atom is 0.0931 e. The molecule has 1 aromatic rings. The zero-order chi connectivity index (χ0) is 10.2. The van der Waals surface area contributed by atoms with Crippen molar-refractivity contribution in [3.05, 3.63) is 21.3 Å². The van der Waals surface area contributed by atoms with Crippen molar-refractivity contribution in [1.29, 1.82) is 0 Å². The Kier molecular flexibility index (Phi) is 2.87. The molecule has 1 aromatic heterocycles. The third kappa shape index (κ3) is 2.50. The van der Waals surface area contributed by atoms with Crippen molar-refractivity contribution in [3.63, 3.8) is 0 Å². The molecule has 1 fully saturated rings. The van der Waals surface area contributed by atoms with E-state index < -0.39 is 0 Å². The first-order valence-electron chi connectivity index (χ1n) is 5.06. The monoisotopic (exact) mass is 229 g/mol. The largest absolute Gasteiger partial charge is 0.310 e. The van der Waals surface area contributed by atoms with E-state index in [4.69, 9.17) is 11.6 Å². The molecule has 3 heteroatoms. The van der Waals surface area contributed by atoms with Crippen LogP contribution in [0.2, 0.25) is 4.34 Å². The molecule has 0 spiro atoms. The fraction of sp³-hybridized carbons (Fsp3) is 0.636. The van der Waals surface area contributed by atoms with Crippen LogP contribution in [-0.2, 0) is 0 Å². The normalized spacial score (nSPS) is 20.8. The second kappa shape index (κ2) is 3.84. The molecule has 0 radical (unpaired) electrons. The van der Waals surface area contributed by atoms with Gasteiger partial charge in [0.05, 0.1) is 4.34 Å². The topological polar surface area (TPSA) is 12.0 Å². The highest BCUT2D eigenvalue weighted by atomic mass is 35.5. The summed E-state index contributed by atoms with van der Waals surface area (Å²) < 4.78 is 0.881. The van der Waals surface area contributed by atoms with Gasteiger partial charge < -0.3 is 5.32 Å². The molecule has 1 saturated carbocycles. The minimum absolute atomic E-state index is 0.427. The van der Waals surface area contributed by atoms with Gasteiger partial charge in [-0.25, -0.2) is 0 Å². The van der Waals surface area contributed by atoms with E-state index in [1.54, 1.807) is 11.3 Å². The summed E-state index contributed by atoms with van der Waals surface area (Å²) in [5.74, 6) is 0. The number of hydrogen-bond donors (Lipinski definition) is 1. The molecule has 1 aliphatic carbocycles. The van der Waals surface area contributed by atoms with Crippen molar-refractivity contribution in [2.45, 2.75) is 32.7 Å². The van der Waals surface area contributed by atoms with Crippen LogP contribution in [0.15, 0.2) is 11.4 Å². The van der Waals surface area contributed by atoms with Gasteiger partial charge in [-0.05, 0) is 42.2 Å². The summed E-state index contributed by atoms with van der Waals surface area (Å²) in [6, 6.07) is 2.48. The van der Waals surface area contributed by atoms with Crippen molar-refractivity contribution in [3.8, 4) is 0 Å². The summed E-state index contributed by atoms with van der Waals surface area (Å²) >= 11 is 7.50. The zero-order valence-electron chi connectivity index (χ0n) is 8.64. The Hall–Kier alpha value is -0.0500. The maximum atomic E-state index is 5.90. The van der Waals surface area contributed by atoms with Gasteiger partial charge in [0.2, 0.25) is 0 Å². The number of halogens is 1. The van der Waals surface area contributed by atoms with Crippen LogP contribution < -0.4 is 5.32 Å².